The largest absolute Gasteiger partial charge is 0.368 e. The number of hydrogen-bond acceptors (Lipinski definition) is 11. The number of carbonyl (C=O) groups excluding carboxylic acids is 11. The van der Waals surface area contributed by atoms with Gasteiger partial charge in [-0.25, -0.2) is 0 Å². The lowest BCUT2D eigenvalue weighted by Crippen LogP contribution is -2.58. The van der Waals surface area contributed by atoms with Crippen LogP contribution in [0.4, 0.5) is 0 Å². The predicted molar refractivity (Wildman–Crippen MR) is 191 cm³/mol. The van der Waals surface area contributed by atoms with Gasteiger partial charge >= 0.3 is 0 Å². The van der Waals surface area contributed by atoms with Crippen LogP contribution in [0, 0.1) is 0 Å². The van der Waals surface area contributed by atoms with Crippen LogP contribution in [0.15, 0.2) is 0 Å². The molecule has 54 heavy (non-hydrogen) atoms. The summed E-state index contributed by atoms with van der Waals surface area (Å²) in [5, 5.41) is 23.8. The van der Waals surface area contributed by atoms with Gasteiger partial charge in [0.1, 0.15) is 60.4 Å². The summed E-state index contributed by atoms with van der Waals surface area (Å²) in [7, 11) is 0. The molecule has 0 fully saturated rings. The minimum atomic E-state index is -1.18. The standard InChI is InChI=1S/C32H55N11O11/c1-12(23(33)45)35-25(47)14(3)37-27(49)16(5)39-29(51)18(7)41-31(53)20(9)43-32(54)21(10)42-30(52)19(8)40-28(50)17(6)38-26(48)15(4)36-24(46)13(2)34-22(11)44/h12-21H,1-11H3,(H2,33,45)(H,34,44)(H,35,47)(H,36,46)(H,37,49)(H,38,48)(H,39,51)(H,40,50)(H,41,53)(H,42,52)(H,43,54)/t12-,13-,14-,15-,16-,17-,18-,19-,20-,21-/m0/s1. The highest BCUT2D eigenvalue weighted by Crippen LogP contribution is 1.96. The Morgan fingerprint density at radius 2 is 0.407 bits per heavy atom. The van der Waals surface area contributed by atoms with Crippen LogP contribution < -0.4 is 58.9 Å². The SMILES string of the molecule is CC(=O)N[C@@H](C)C(=O)N[C@@H](C)C(=O)N[C@@H](C)C(=O)N[C@@H](C)C(=O)N[C@@H](C)C(=O)N[C@@H](C)C(=O)N[C@@H](C)C(=O)N[C@@H](C)C(=O)N[C@@H](C)C(=O)N[C@@H](C)C(N)=O. The Morgan fingerprint density at radius 3 is 0.537 bits per heavy atom. The maximum absolute atomic E-state index is 12.7. The second-order valence-electron chi connectivity index (χ2n) is 12.9. The number of nitrogens with one attached hydrogen (secondary N) is 10. The van der Waals surface area contributed by atoms with E-state index in [1.165, 1.54) is 76.2 Å². The van der Waals surface area contributed by atoms with Gasteiger partial charge < -0.3 is 58.9 Å². The molecule has 10 atom stereocenters. The van der Waals surface area contributed by atoms with Gasteiger partial charge in [-0.15, -0.1) is 0 Å². The van der Waals surface area contributed by atoms with Crippen molar-refractivity contribution in [2.45, 2.75) is 137 Å². The molecule has 0 saturated carbocycles. The lowest BCUT2D eigenvalue weighted by atomic mass is 10.2. The second-order valence-corrected chi connectivity index (χ2v) is 12.9. The minimum absolute atomic E-state index is 0.436. The van der Waals surface area contributed by atoms with Gasteiger partial charge in [0, 0.05) is 6.92 Å². The summed E-state index contributed by atoms with van der Waals surface area (Å²) in [6.45, 7) is 14.7. The Balaban J connectivity index is 4.87. The molecule has 0 saturated heterocycles. The minimum Gasteiger partial charge on any atom is -0.368 e. The van der Waals surface area contributed by atoms with Crippen molar-refractivity contribution in [3.8, 4) is 0 Å². The summed E-state index contributed by atoms with van der Waals surface area (Å²) in [6.07, 6.45) is 0. The fraction of sp³-hybridized carbons (Fsp3) is 0.656. The van der Waals surface area contributed by atoms with Crippen LogP contribution in [0.5, 0.6) is 0 Å². The van der Waals surface area contributed by atoms with Crippen LogP contribution in [0.1, 0.15) is 76.2 Å². The summed E-state index contributed by atoms with van der Waals surface area (Å²) < 4.78 is 0. The fourth-order valence-electron chi connectivity index (χ4n) is 4.01. The smallest absolute Gasteiger partial charge is 0.242 e. The number of hydrogen-bond donors (Lipinski definition) is 11. The molecule has 12 N–H and O–H groups in total. The maximum Gasteiger partial charge on any atom is 0.242 e. The van der Waals surface area contributed by atoms with Crippen LogP contribution >= 0.6 is 0 Å². The highest BCUT2D eigenvalue weighted by molar-refractivity contribution is 5.98. The summed E-state index contributed by atoms with van der Waals surface area (Å²) in [6, 6.07) is -11.0. The van der Waals surface area contributed by atoms with Crippen LogP contribution in [0.3, 0.4) is 0 Å². The molecule has 0 aliphatic carbocycles. The lowest BCUT2D eigenvalue weighted by Gasteiger charge is -2.23. The Morgan fingerprint density at radius 1 is 0.278 bits per heavy atom. The Kier molecular flexibility index (Phi) is 19.9. The van der Waals surface area contributed by atoms with E-state index in [1.807, 2.05) is 0 Å². The molecule has 0 aliphatic heterocycles. The molecule has 0 rings (SSSR count). The zero-order valence-electron chi connectivity index (χ0n) is 32.3. The third-order valence-electron chi connectivity index (χ3n) is 7.61. The number of rotatable bonds is 20. The molecule has 0 aromatic carbocycles. The molecule has 304 valence electrons. The zero-order valence-corrected chi connectivity index (χ0v) is 32.3. The molecule has 22 heteroatoms. The summed E-state index contributed by atoms with van der Waals surface area (Å²) in [5.74, 6) is -7.78. The van der Waals surface area contributed by atoms with E-state index in [0.29, 0.717) is 0 Å². The molecule has 11 amide bonds. The number of nitrogens with two attached hydrogens (primary N) is 1. The average molecular weight is 770 g/mol. The molecule has 0 heterocycles. The van der Waals surface area contributed by atoms with Gasteiger partial charge in [-0.2, -0.15) is 0 Å². The first-order valence-corrected chi connectivity index (χ1v) is 17.1. The molecule has 0 aromatic heterocycles. The third kappa shape index (κ3) is 17.1. The van der Waals surface area contributed by atoms with Crippen molar-refractivity contribution in [1.29, 1.82) is 0 Å². The van der Waals surface area contributed by atoms with Gasteiger partial charge in [0.15, 0.2) is 0 Å². The van der Waals surface area contributed by atoms with Crippen molar-refractivity contribution in [2.24, 2.45) is 5.73 Å². The number of carbonyl (C=O) groups is 11. The van der Waals surface area contributed by atoms with Crippen molar-refractivity contribution < 1.29 is 52.7 Å². The highest BCUT2D eigenvalue weighted by Gasteiger charge is 2.29. The van der Waals surface area contributed by atoms with Crippen molar-refractivity contribution in [1.82, 2.24) is 53.2 Å². The van der Waals surface area contributed by atoms with Gasteiger partial charge in [-0.1, -0.05) is 0 Å². The van der Waals surface area contributed by atoms with Crippen molar-refractivity contribution in [2.75, 3.05) is 0 Å². The molecular weight excluding hydrogens is 714 g/mol. The monoisotopic (exact) mass is 769 g/mol. The summed E-state index contributed by atoms with van der Waals surface area (Å²) in [4.78, 5) is 135. The Labute approximate surface area is 313 Å². The highest BCUT2D eigenvalue weighted by atomic mass is 16.2. The maximum atomic E-state index is 12.7. The van der Waals surface area contributed by atoms with Crippen molar-refractivity contribution in [3.63, 3.8) is 0 Å². The van der Waals surface area contributed by atoms with Gasteiger partial charge in [-0.3, -0.25) is 52.7 Å². The second kappa shape index (κ2) is 22.3. The molecule has 0 aromatic rings. The molecule has 0 aliphatic rings. The molecule has 0 unspecified atom stereocenters. The normalized spacial score (nSPS) is 16.2. The average Bonchev–Trinajstić information content (AvgIpc) is 3.06. The van der Waals surface area contributed by atoms with E-state index in [9.17, 15) is 52.7 Å². The van der Waals surface area contributed by atoms with Gasteiger partial charge in [0.25, 0.3) is 0 Å². The van der Waals surface area contributed by atoms with E-state index in [2.05, 4.69) is 53.2 Å². The number of primary amides is 1. The lowest BCUT2D eigenvalue weighted by molar-refractivity contribution is -0.135. The summed E-state index contributed by atoms with van der Waals surface area (Å²) in [5.41, 5.74) is 5.10. The quantitative estimate of drug-likeness (QED) is 0.0555. The first-order valence-electron chi connectivity index (χ1n) is 17.1. The molecule has 0 radical (unpaired) electrons. The van der Waals surface area contributed by atoms with Crippen LogP contribution in [0.25, 0.3) is 0 Å². The van der Waals surface area contributed by atoms with Crippen molar-refractivity contribution in [3.05, 3.63) is 0 Å². The topological polar surface area (TPSA) is 334 Å². The van der Waals surface area contributed by atoms with E-state index in [-0.39, 0.29) is 0 Å². The Hall–Kier alpha value is -5.83. The molecule has 0 spiro atoms. The van der Waals surface area contributed by atoms with E-state index >= 15 is 0 Å². The summed E-state index contributed by atoms with van der Waals surface area (Å²) >= 11 is 0. The van der Waals surface area contributed by atoms with Crippen LogP contribution in [0.2, 0.25) is 0 Å². The fourth-order valence-corrected chi connectivity index (χ4v) is 4.01. The molecule has 22 nitrogen and oxygen atoms in total. The van der Waals surface area contributed by atoms with Gasteiger partial charge in [0.2, 0.25) is 65.0 Å². The van der Waals surface area contributed by atoms with Gasteiger partial charge in [-0.05, 0) is 69.2 Å². The predicted octanol–water partition coefficient (Wildman–Crippen LogP) is -5.46. The van der Waals surface area contributed by atoms with Crippen molar-refractivity contribution >= 4 is 65.0 Å². The van der Waals surface area contributed by atoms with E-state index in [1.54, 1.807) is 0 Å². The van der Waals surface area contributed by atoms with Crippen LogP contribution in [-0.4, -0.2) is 125 Å². The van der Waals surface area contributed by atoms with E-state index in [0.717, 1.165) is 0 Å². The first-order chi connectivity index (χ1) is 24.8. The third-order valence-corrected chi connectivity index (χ3v) is 7.61. The van der Waals surface area contributed by atoms with E-state index < -0.39 is 125 Å². The first kappa shape index (κ1) is 48.2. The zero-order chi connectivity index (χ0) is 42.2. The van der Waals surface area contributed by atoms with Gasteiger partial charge in [0.05, 0.1) is 0 Å². The number of amides is 11. The molecule has 0 bridgehead atoms. The Bertz CT molecular complexity index is 1460. The molecular formula is C32H55N11O11. The van der Waals surface area contributed by atoms with E-state index in [4.69, 9.17) is 5.73 Å². The van der Waals surface area contributed by atoms with Crippen LogP contribution in [-0.2, 0) is 52.7 Å².